The van der Waals surface area contributed by atoms with Crippen molar-refractivity contribution in [3.05, 3.63) is 28.3 Å². The quantitative estimate of drug-likeness (QED) is 0.468. The summed E-state index contributed by atoms with van der Waals surface area (Å²) in [7, 11) is 2.08. The Kier molecular flexibility index (Phi) is 3.63. The fraction of sp³-hybridized carbons (Fsp3) is 0.455. The second kappa shape index (κ2) is 5.19. The zero-order chi connectivity index (χ0) is 13.1. The van der Waals surface area contributed by atoms with Crippen LogP contribution < -0.4 is 11.2 Å². The van der Waals surface area contributed by atoms with Gasteiger partial charge in [0.25, 0.3) is 5.69 Å². The van der Waals surface area contributed by atoms with Crippen molar-refractivity contribution in [2.45, 2.75) is 0 Å². The highest BCUT2D eigenvalue weighted by molar-refractivity contribution is 5.65. The minimum atomic E-state index is -0.477. The van der Waals surface area contributed by atoms with Gasteiger partial charge >= 0.3 is 0 Å². The van der Waals surface area contributed by atoms with Gasteiger partial charge in [-0.05, 0) is 19.2 Å². The Balaban J connectivity index is 2.02. The summed E-state index contributed by atoms with van der Waals surface area (Å²) < 4.78 is 0. The molecule has 1 aliphatic rings. The lowest BCUT2D eigenvalue weighted by Gasteiger charge is -2.33. The Morgan fingerprint density at radius 2 is 2.00 bits per heavy atom. The number of hydrogen-bond donors (Lipinski definition) is 2. The summed E-state index contributed by atoms with van der Waals surface area (Å²) in [6, 6.07) is 4.69. The van der Waals surface area contributed by atoms with Gasteiger partial charge in [0.1, 0.15) is 5.69 Å². The minimum absolute atomic E-state index is 0.0565. The zero-order valence-electron chi connectivity index (χ0n) is 10.3. The molecule has 0 unspecified atom stereocenters. The molecular formula is C11H17N5O2. The van der Waals surface area contributed by atoms with E-state index in [1.165, 1.54) is 6.07 Å². The van der Waals surface area contributed by atoms with Gasteiger partial charge in [0.15, 0.2) is 0 Å². The van der Waals surface area contributed by atoms with Crippen LogP contribution in [0.25, 0.3) is 0 Å². The highest BCUT2D eigenvalue weighted by Gasteiger charge is 2.15. The third kappa shape index (κ3) is 2.88. The van der Waals surface area contributed by atoms with Crippen LogP contribution in [-0.4, -0.2) is 48.1 Å². The standard InChI is InChI=1S/C11H17N5O2/c1-14-4-6-15(7-5-14)13-9-2-3-11(16(17)18)10(12)8-9/h2-3,8,13H,4-7,12H2,1H3. The number of nitrogens with zero attached hydrogens (tertiary/aromatic N) is 3. The van der Waals surface area contributed by atoms with Crippen LogP contribution >= 0.6 is 0 Å². The largest absolute Gasteiger partial charge is 0.393 e. The summed E-state index contributed by atoms with van der Waals surface area (Å²) in [5.74, 6) is 0. The number of benzene rings is 1. The molecule has 0 amide bonds. The van der Waals surface area contributed by atoms with E-state index in [-0.39, 0.29) is 11.4 Å². The molecule has 1 aliphatic heterocycles. The first-order valence-corrected chi connectivity index (χ1v) is 5.80. The number of hydrogen-bond acceptors (Lipinski definition) is 6. The van der Waals surface area contributed by atoms with Crippen molar-refractivity contribution >= 4 is 17.1 Å². The van der Waals surface area contributed by atoms with Crippen LogP contribution in [0.15, 0.2) is 18.2 Å². The summed E-state index contributed by atoms with van der Waals surface area (Å²) in [6.45, 7) is 3.81. The molecule has 7 nitrogen and oxygen atoms in total. The second-order valence-electron chi connectivity index (χ2n) is 4.43. The molecule has 1 fully saturated rings. The van der Waals surface area contributed by atoms with Gasteiger partial charge in [0.2, 0.25) is 0 Å². The lowest BCUT2D eigenvalue weighted by atomic mass is 10.2. The third-order valence-corrected chi connectivity index (χ3v) is 3.01. The highest BCUT2D eigenvalue weighted by Crippen LogP contribution is 2.24. The summed E-state index contributed by atoms with van der Waals surface area (Å²) in [5, 5.41) is 12.7. The van der Waals surface area contributed by atoms with Gasteiger partial charge in [0.05, 0.1) is 10.6 Å². The normalized spacial score (nSPS) is 17.6. The van der Waals surface area contributed by atoms with Crippen LogP contribution in [0.1, 0.15) is 0 Å². The fourth-order valence-corrected chi connectivity index (χ4v) is 1.89. The molecule has 7 heteroatoms. The predicted octanol–water partition coefficient (Wildman–Crippen LogP) is 0.751. The molecule has 1 aromatic rings. The van der Waals surface area contributed by atoms with Gasteiger partial charge in [-0.25, -0.2) is 5.01 Å². The number of nitrogens with one attached hydrogen (secondary N) is 1. The Morgan fingerprint density at radius 1 is 1.33 bits per heavy atom. The van der Waals surface area contributed by atoms with Crippen LogP contribution in [0.5, 0.6) is 0 Å². The number of nitrogen functional groups attached to an aromatic ring is 1. The number of likely N-dealkylation sites (N-methyl/N-ethyl adjacent to an activating group) is 1. The lowest BCUT2D eigenvalue weighted by Crippen LogP contribution is -2.46. The molecule has 0 spiro atoms. The van der Waals surface area contributed by atoms with E-state index >= 15 is 0 Å². The van der Waals surface area contributed by atoms with E-state index in [0.29, 0.717) is 0 Å². The van der Waals surface area contributed by atoms with Gasteiger partial charge < -0.3 is 16.1 Å². The summed E-state index contributed by atoms with van der Waals surface area (Å²) in [4.78, 5) is 12.4. The van der Waals surface area contributed by atoms with Gasteiger partial charge in [-0.15, -0.1) is 0 Å². The SMILES string of the molecule is CN1CCN(Nc2ccc([N+](=O)[O-])c(N)c2)CC1. The number of anilines is 2. The van der Waals surface area contributed by atoms with Crippen LogP contribution in [0.4, 0.5) is 17.1 Å². The average Bonchev–Trinajstić information content (AvgIpc) is 2.32. The molecule has 0 bridgehead atoms. The fourth-order valence-electron chi connectivity index (χ4n) is 1.89. The van der Waals surface area contributed by atoms with Crippen molar-refractivity contribution in [2.75, 3.05) is 44.4 Å². The maximum atomic E-state index is 10.6. The van der Waals surface area contributed by atoms with Crippen LogP contribution in [0.3, 0.4) is 0 Å². The third-order valence-electron chi connectivity index (χ3n) is 3.01. The van der Waals surface area contributed by atoms with Crippen molar-refractivity contribution in [1.82, 2.24) is 9.91 Å². The maximum absolute atomic E-state index is 10.6. The number of nitro benzene ring substituents is 1. The number of rotatable bonds is 3. The molecule has 1 heterocycles. The van der Waals surface area contributed by atoms with E-state index in [9.17, 15) is 10.1 Å². The first kappa shape index (κ1) is 12.6. The summed E-state index contributed by atoms with van der Waals surface area (Å²) in [6.07, 6.45) is 0. The summed E-state index contributed by atoms with van der Waals surface area (Å²) >= 11 is 0. The van der Waals surface area contributed by atoms with Crippen LogP contribution in [0.2, 0.25) is 0 Å². The lowest BCUT2D eigenvalue weighted by molar-refractivity contribution is -0.383. The molecular weight excluding hydrogens is 234 g/mol. The van der Waals surface area contributed by atoms with Crippen LogP contribution in [0, 0.1) is 10.1 Å². The van der Waals surface area contributed by atoms with E-state index in [4.69, 9.17) is 5.73 Å². The smallest absolute Gasteiger partial charge is 0.292 e. The van der Waals surface area contributed by atoms with Crippen molar-refractivity contribution in [3.8, 4) is 0 Å². The van der Waals surface area contributed by atoms with E-state index in [0.717, 1.165) is 31.9 Å². The second-order valence-corrected chi connectivity index (χ2v) is 4.43. The molecule has 98 valence electrons. The van der Waals surface area contributed by atoms with Gasteiger partial charge in [-0.3, -0.25) is 10.1 Å². The Hall–Kier alpha value is -1.86. The zero-order valence-corrected chi connectivity index (χ0v) is 10.3. The summed E-state index contributed by atoms with van der Waals surface area (Å²) in [5.41, 5.74) is 9.76. The highest BCUT2D eigenvalue weighted by atomic mass is 16.6. The van der Waals surface area contributed by atoms with Gasteiger partial charge in [-0.1, -0.05) is 0 Å². The number of piperazine rings is 1. The molecule has 0 atom stereocenters. The molecule has 1 saturated heterocycles. The van der Waals surface area contributed by atoms with Crippen molar-refractivity contribution < 1.29 is 4.92 Å². The van der Waals surface area contributed by atoms with Crippen LogP contribution in [-0.2, 0) is 0 Å². The van der Waals surface area contributed by atoms with E-state index in [2.05, 4.69) is 22.4 Å². The monoisotopic (exact) mass is 251 g/mol. The molecule has 0 aliphatic carbocycles. The van der Waals surface area contributed by atoms with Gasteiger partial charge in [-0.2, -0.15) is 0 Å². The predicted molar refractivity (Wildman–Crippen MR) is 70.2 cm³/mol. The van der Waals surface area contributed by atoms with Crippen molar-refractivity contribution in [3.63, 3.8) is 0 Å². The molecule has 3 N–H and O–H groups in total. The van der Waals surface area contributed by atoms with Gasteiger partial charge in [0, 0.05) is 32.2 Å². The van der Waals surface area contributed by atoms with E-state index in [1.54, 1.807) is 12.1 Å². The molecule has 18 heavy (non-hydrogen) atoms. The number of hydrazine groups is 1. The van der Waals surface area contributed by atoms with Crippen molar-refractivity contribution in [1.29, 1.82) is 0 Å². The molecule has 0 saturated carbocycles. The first-order valence-electron chi connectivity index (χ1n) is 5.80. The van der Waals surface area contributed by atoms with Crippen molar-refractivity contribution in [2.24, 2.45) is 0 Å². The maximum Gasteiger partial charge on any atom is 0.292 e. The Bertz CT molecular complexity index is 443. The topological polar surface area (TPSA) is 87.7 Å². The minimum Gasteiger partial charge on any atom is -0.393 e. The average molecular weight is 251 g/mol. The Morgan fingerprint density at radius 3 is 2.56 bits per heavy atom. The Labute approximate surface area is 105 Å². The van der Waals surface area contributed by atoms with E-state index in [1.807, 2.05) is 0 Å². The molecule has 0 radical (unpaired) electrons. The van der Waals surface area contributed by atoms with E-state index < -0.39 is 4.92 Å². The number of nitro groups is 1. The molecule has 1 aromatic carbocycles. The molecule has 0 aromatic heterocycles. The molecule has 2 rings (SSSR count). The first-order chi connectivity index (χ1) is 8.56. The number of nitrogens with two attached hydrogens (primary N) is 1.